The normalized spacial score (nSPS) is 13.1. The molecule has 0 bridgehead atoms. The average Bonchev–Trinajstić information content (AvgIpc) is 2.73. The van der Waals surface area contributed by atoms with E-state index in [1.165, 1.54) is 6.26 Å². The third-order valence-corrected chi connectivity index (χ3v) is 1.96. The second kappa shape index (κ2) is 3.26. The Morgan fingerprint density at radius 3 is 2.86 bits per heavy atom. The maximum Gasteiger partial charge on any atom is 0.191 e. The lowest BCUT2D eigenvalue weighted by atomic mass is 10.1. The number of hydrogen-bond donors (Lipinski definition) is 1. The van der Waals surface area contributed by atoms with E-state index in [-0.39, 0.29) is 0 Å². The monoisotopic (exact) mass is 193 g/mol. The van der Waals surface area contributed by atoms with Crippen molar-refractivity contribution in [3.63, 3.8) is 0 Å². The SMILES string of the molecule is Cc1nc(C(O)c2cnn(C)c2)co1. The van der Waals surface area contributed by atoms with Crippen molar-refractivity contribution in [2.24, 2.45) is 7.05 Å². The van der Waals surface area contributed by atoms with Gasteiger partial charge in [0.1, 0.15) is 18.1 Å². The number of oxazole rings is 1. The van der Waals surface area contributed by atoms with Crippen LogP contribution in [-0.2, 0) is 7.05 Å². The molecule has 0 fully saturated rings. The Labute approximate surface area is 81.0 Å². The Morgan fingerprint density at radius 2 is 2.36 bits per heavy atom. The van der Waals surface area contributed by atoms with Crippen LogP contribution in [0.25, 0.3) is 0 Å². The molecule has 0 aromatic carbocycles. The molecule has 0 saturated heterocycles. The number of aromatic nitrogens is 3. The number of aliphatic hydroxyl groups excluding tert-OH is 1. The molecule has 2 aromatic heterocycles. The number of aryl methyl sites for hydroxylation is 2. The maximum absolute atomic E-state index is 9.84. The van der Waals surface area contributed by atoms with Crippen molar-refractivity contribution in [2.75, 3.05) is 0 Å². The first-order chi connectivity index (χ1) is 6.66. The molecule has 0 aliphatic rings. The molecule has 2 rings (SSSR count). The molecule has 0 radical (unpaired) electrons. The van der Waals surface area contributed by atoms with Crippen LogP contribution in [0, 0.1) is 6.92 Å². The van der Waals surface area contributed by atoms with Gasteiger partial charge in [-0.15, -0.1) is 0 Å². The molecule has 1 unspecified atom stereocenters. The van der Waals surface area contributed by atoms with Crippen molar-refractivity contribution in [1.29, 1.82) is 0 Å². The summed E-state index contributed by atoms with van der Waals surface area (Å²) >= 11 is 0. The Hall–Kier alpha value is -1.62. The van der Waals surface area contributed by atoms with Crippen LogP contribution in [0.4, 0.5) is 0 Å². The zero-order valence-corrected chi connectivity index (χ0v) is 8.01. The van der Waals surface area contributed by atoms with E-state index >= 15 is 0 Å². The molecule has 0 aliphatic heterocycles. The number of rotatable bonds is 2. The smallest absolute Gasteiger partial charge is 0.191 e. The average molecular weight is 193 g/mol. The van der Waals surface area contributed by atoms with Gasteiger partial charge < -0.3 is 9.52 Å². The van der Waals surface area contributed by atoms with Gasteiger partial charge in [-0.05, 0) is 0 Å². The predicted octanol–water partition coefficient (Wildman–Crippen LogP) is 0.798. The van der Waals surface area contributed by atoms with Gasteiger partial charge in [0.25, 0.3) is 0 Å². The molecule has 1 atom stereocenters. The van der Waals surface area contributed by atoms with Gasteiger partial charge in [-0.3, -0.25) is 4.68 Å². The first-order valence-corrected chi connectivity index (χ1v) is 4.25. The summed E-state index contributed by atoms with van der Waals surface area (Å²) < 4.78 is 6.65. The van der Waals surface area contributed by atoms with E-state index in [9.17, 15) is 5.11 Å². The van der Waals surface area contributed by atoms with Crippen molar-refractivity contribution >= 4 is 0 Å². The molecule has 14 heavy (non-hydrogen) atoms. The Kier molecular flexibility index (Phi) is 2.09. The van der Waals surface area contributed by atoms with Crippen LogP contribution < -0.4 is 0 Å². The minimum atomic E-state index is -0.763. The highest BCUT2D eigenvalue weighted by Gasteiger charge is 2.15. The molecule has 0 aliphatic carbocycles. The van der Waals surface area contributed by atoms with E-state index in [0.717, 1.165) is 0 Å². The molecule has 0 saturated carbocycles. The summed E-state index contributed by atoms with van der Waals surface area (Å²) in [4.78, 5) is 4.04. The standard InChI is InChI=1S/C9H11N3O2/c1-6-11-8(5-14-6)9(13)7-3-10-12(2)4-7/h3-5,9,13H,1-2H3. The molecule has 74 valence electrons. The van der Waals surface area contributed by atoms with Crippen LogP contribution in [0.1, 0.15) is 23.3 Å². The zero-order valence-electron chi connectivity index (χ0n) is 8.01. The summed E-state index contributed by atoms with van der Waals surface area (Å²) in [5.74, 6) is 0.544. The van der Waals surface area contributed by atoms with Gasteiger partial charge >= 0.3 is 0 Å². The summed E-state index contributed by atoms with van der Waals surface area (Å²) in [5.41, 5.74) is 1.22. The quantitative estimate of drug-likeness (QED) is 0.766. The third-order valence-electron chi connectivity index (χ3n) is 1.96. The fraction of sp³-hybridized carbons (Fsp3) is 0.333. The van der Waals surface area contributed by atoms with Gasteiger partial charge in [0.15, 0.2) is 5.89 Å². The Balaban J connectivity index is 2.28. The van der Waals surface area contributed by atoms with E-state index in [2.05, 4.69) is 10.1 Å². The van der Waals surface area contributed by atoms with Crippen molar-refractivity contribution in [3.05, 3.63) is 35.8 Å². The van der Waals surface area contributed by atoms with Crippen LogP contribution in [0.3, 0.4) is 0 Å². The second-order valence-corrected chi connectivity index (χ2v) is 3.14. The third kappa shape index (κ3) is 1.54. The summed E-state index contributed by atoms with van der Waals surface area (Å²) in [7, 11) is 1.80. The van der Waals surface area contributed by atoms with E-state index in [1.807, 2.05) is 0 Å². The van der Waals surface area contributed by atoms with Gasteiger partial charge in [0.2, 0.25) is 0 Å². The summed E-state index contributed by atoms with van der Waals surface area (Å²) in [5, 5.41) is 13.8. The van der Waals surface area contributed by atoms with Gasteiger partial charge in [-0.25, -0.2) is 4.98 Å². The van der Waals surface area contributed by atoms with E-state index in [4.69, 9.17) is 4.42 Å². The summed E-state index contributed by atoms with van der Waals surface area (Å²) in [6.45, 7) is 1.74. The van der Waals surface area contributed by atoms with Crippen LogP contribution in [0.2, 0.25) is 0 Å². The molecule has 1 N–H and O–H groups in total. The first kappa shape index (κ1) is 8.96. The predicted molar refractivity (Wildman–Crippen MR) is 48.5 cm³/mol. The first-order valence-electron chi connectivity index (χ1n) is 4.25. The highest BCUT2D eigenvalue weighted by atomic mass is 16.3. The summed E-state index contributed by atoms with van der Waals surface area (Å²) in [6, 6.07) is 0. The van der Waals surface area contributed by atoms with Crippen LogP contribution in [0.5, 0.6) is 0 Å². The van der Waals surface area contributed by atoms with Gasteiger partial charge in [-0.1, -0.05) is 0 Å². The van der Waals surface area contributed by atoms with Crippen molar-refractivity contribution < 1.29 is 9.52 Å². The fourth-order valence-corrected chi connectivity index (χ4v) is 1.26. The lowest BCUT2D eigenvalue weighted by Gasteiger charge is -2.02. The van der Waals surface area contributed by atoms with E-state index in [0.29, 0.717) is 17.1 Å². The van der Waals surface area contributed by atoms with E-state index < -0.39 is 6.10 Å². The van der Waals surface area contributed by atoms with Crippen molar-refractivity contribution in [2.45, 2.75) is 13.0 Å². The molecule has 2 heterocycles. The lowest BCUT2D eigenvalue weighted by molar-refractivity contribution is 0.215. The van der Waals surface area contributed by atoms with Crippen molar-refractivity contribution in [3.8, 4) is 0 Å². The molecule has 2 aromatic rings. The van der Waals surface area contributed by atoms with Crippen molar-refractivity contribution in [1.82, 2.24) is 14.8 Å². The minimum absolute atomic E-state index is 0.510. The van der Waals surface area contributed by atoms with Gasteiger partial charge in [0, 0.05) is 25.7 Å². The Morgan fingerprint density at radius 1 is 1.57 bits per heavy atom. The van der Waals surface area contributed by atoms with Crippen LogP contribution in [0.15, 0.2) is 23.1 Å². The Bertz CT molecular complexity index is 392. The van der Waals surface area contributed by atoms with E-state index in [1.54, 1.807) is 31.0 Å². The number of nitrogens with zero attached hydrogens (tertiary/aromatic N) is 3. The largest absolute Gasteiger partial charge is 0.449 e. The van der Waals surface area contributed by atoms with Crippen LogP contribution >= 0.6 is 0 Å². The molecule has 5 heteroatoms. The molecule has 0 amide bonds. The lowest BCUT2D eigenvalue weighted by Crippen LogP contribution is -1.98. The molecule has 5 nitrogen and oxygen atoms in total. The van der Waals surface area contributed by atoms with Gasteiger partial charge in [-0.2, -0.15) is 5.10 Å². The number of hydrogen-bond acceptors (Lipinski definition) is 4. The van der Waals surface area contributed by atoms with Gasteiger partial charge in [0.05, 0.1) is 6.20 Å². The molecule has 0 spiro atoms. The van der Waals surface area contributed by atoms with Crippen LogP contribution in [-0.4, -0.2) is 19.9 Å². The topological polar surface area (TPSA) is 64.1 Å². The molecular weight excluding hydrogens is 182 g/mol. The fourth-order valence-electron chi connectivity index (χ4n) is 1.26. The maximum atomic E-state index is 9.84. The minimum Gasteiger partial charge on any atom is -0.449 e. The highest BCUT2D eigenvalue weighted by molar-refractivity contribution is 5.18. The zero-order chi connectivity index (χ0) is 10.1. The second-order valence-electron chi connectivity index (χ2n) is 3.14. The summed E-state index contributed by atoms with van der Waals surface area (Å²) in [6.07, 6.45) is 4.04. The number of aliphatic hydroxyl groups is 1. The molecular formula is C9H11N3O2. The highest BCUT2D eigenvalue weighted by Crippen LogP contribution is 2.19.